The predicted octanol–water partition coefficient (Wildman–Crippen LogP) is -3.34. The molecule has 0 aliphatic carbocycles. The van der Waals surface area contributed by atoms with E-state index in [1.165, 1.54) is 0 Å². The Morgan fingerprint density at radius 1 is 1.80 bits per heavy atom. The van der Waals surface area contributed by atoms with Crippen molar-refractivity contribution in [1.29, 1.82) is 0 Å². The van der Waals surface area contributed by atoms with E-state index < -0.39 is 5.09 Å². The molecule has 5 heteroatoms. The van der Waals surface area contributed by atoms with Crippen LogP contribution in [0.4, 0.5) is 0 Å². The maximum atomic E-state index is 8.36. The van der Waals surface area contributed by atoms with Gasteiger partial charge in [-0.2, -0.15) is 0 Å². The fourth-order valence-electron chi connectivity index (χ4n) is 0. The number of hydrogen-bond acceptors (Lipinski definition) is 2. The number of hydrogen-bond donors (Lipinski definition) is 1. The molecular weight excluding hydrogens is 86.0 g/mol. The topological polar surface area (TPSA) is 63.4 Å². The van der Waals surface area contributed by atoms with Gasteiger partial charge in [0.05, 0.1) is 0 Å². The molecule has 0 spiro atoms. The third-order valence-corrected chi connectivity index (χ3v) is 0. The molecule has 0 aromatic rings. The first-order chi connectivity index (χ1) is 1.73. The second kappa shape index (κ2) is 4.20. The molecule has 0 bridgehead atoms. The second-order valence-corrected chi connectivity index (χ2v) is 0.238. The third kappa shape index (κ3) is 508. The first-order valence-electron chi connectivity index (χ1n) is 0.565. The van der Waals surface area contributed by atoms with Gasteiger partial charge in [-0.1, -0.05) is 0 Å². The van der Waals surface area contributed by atoms with Crippen LogP contribution >= 0.6 is 0 Å². The summed E-state index contributed by atoms with van der Waals surface area (Å²) >= 11 is 0. The van der Waals surface area contributed by atoms with E-state index >= 15 is 0 Å². The fraction of sp³-hybridized carbons (Fsp3) is 0. The van der Waals surface area contributed by atoms with Crippen molar-refractivity contribution in [3.63, 3.8) is 0 Å². The zero-order valence-electron chi connectivity index (χ0n) is 2.71. The Morgan fingerprint density at radius 3 is 1.80 bits per heavy atom. The average Bonchev–Trinajstić information content (AvgIpc) is 0.811. The summed E-state index contributed by atoms with van der Waals surface area (Å²) in [6, 6.07) is 0. The number of rotatable bonds is 0. The first-order valence-corrected chi connectivity index (χ1v) is 0.565. The molecular formula is HNNaO3+. The molecule has 0 saturated heterocycles. The Balaban J connectivity index is 0. The molecule has 1 N–H and O–H groups in total. The smallest absolute Gasteiger partial charge is 0.328 e. The van der Waals surface area contributed by atoms with Crippen LogP contribution < -0.4 is 29.6 Å². The quantitative estimate of drug-likeness (QED) is 0.145. The minimum Gasteiger partial charge on any atom is -0.328 e. The summed E-state index contributed by atoms with van der Waals surface area (Å²) in [5, 5.41) is 13.6. The summed E-state index contributed by atoms with van der Waals surface area (Å²) in [5.41, 5.74) is 0. The fourth-order valence-corrected chi connectivity index (χ4v) is 0. The Morgan fingerprint density at radius 2 is 1.80 bits per heavy atom. The molecule has 5 heavy (non-hydrogen) atoms. The average molecular weight is 87.0 g/mol. The Labute approximate surface area is 50.2 Å². The summed E-state index contributed by atoms with van der Waals surface area (Å²) in [6.07, 6.45) is 0. The maximum absolute atomic E-state index is 8.36. The Bertz CT molecular complexity index is 29.9. The van der Waals surface area contributed by atoms with Crippen LogP contribution in [0.15, 0.2) is 0 Å². The van der Waals surface area contributed by atoms with Gasteiger partial charge in [0.25, 0.3) is 5.09 Å². The molecule has 0 heterocycles. The molecule has 0 fully saturated rings. The molecule has 0 atom stereocenters. The van der Waals surface area contributed by atoms with Gasteiger partial charge in [-0.3, -0.25) is 0 Å². The summed E-state index contributed by atoms with van der Waals surface area (Å²) in [7, 11) is 0. The summed E-state index contributed by atoms with van der Waals surface area (Å²) < 4.78 is 0. The zero-order chi connectivity index (χ0) is 3.58. The molecule has 0 amide bonds. The second-order valence-electron chi connectivity index (χ2n) is 0.238. The van der Waals surface area contributed by atoms with E-state index in [1.54, 1.807) is 0 Å². The van der Waals surface area contributed by atoms with Crippen LogP contribution in [0.2, 0.25) is 0 Å². The van der Waals surface area contributed by atoms with Crippen molar-refractivity contribution >= 4 is 0 Å². The Hall–Kier alpha value is 0.200. The van der Waals surface area contributed by atoms with Gasteiger partial charge in [0.15, 0.2) is 0 Å². The standard InChI is InChI=1S/HNO3.Na/c2-1(3)4;/h(H,2,3,4);/q;+1/i1+1;. The van der Waals surface area contributed by atoms with E-state index in [1.807, 2.05) is 0 Å². The van der Waals surface area contributed by atoms with Gasteiger partial charge in [-0.25, -0.2) is 0 Å². The SMILES string of the molecule is O=[15N+]([O-])O.[Na+]. The summed E-state index contributed by atoms with van der Waals surface area (Å²) in [4.78, 5) is 8.36. The molecule has 24 valence electrons. The first kappa shape index (κ1) is 8.96. The van der Waals surface area contributed by atoms with Crippen molar-refractivity contribution in [2.45, 2.75) is 0 Å². The third-order valence-electron chi connectivity index (χ3n) is 0. The van der Waals surface area contributed by atoms with Crippen molar-refractivity contribution in [2.75, 3.05) is 0 Å². The van der Waals surface area contributed by atoms with Crippen LogP contribution in [0.25, 0.3) is 0 Å². The maximum Gasteiger partial charge on any atom is 1.00 e. The van der Waals surface area contributed by atoms with Crippen molar-refractivity contribution in [3.8, 4) is 0 Å². The van der Waals surface area contributed by atoms with Crippen LogP contribution in [-0.2, 0) is 0 Å². The van der Waals surface area contributed by atoms with Gasteiger partial charge < -0.3 is 5.21 Å². The summed E-state index contributed by atoms with van der Waals surface area (Å²) in [6.45, 7) is 0. The minimum atomic E-state index is -1.50. The van der Waals surface area contributed by atoms with Gasteiger partial charge in [-0.15, -0.1) is 10.1 Å². The minimum absolute atomic E-state index is 0. The molecule has 0 aromatic heterocycles. The van der Waals surface area contributed by atoms with Crippen molar-refractivity contribution in [3.05, 3.63) is 10.1 Å². The molecule has 0 radical (unpaired) electrons. The van der Waals surface area contributed by atoms with Gasteiger partial charge in [0, 0.05) is 0 Å². The predicted molar refractivity (Wildman–Crippen MR) is 8.78 cm³/mol. The normalized spacial score (nSPS) is 4.80. The molecule has 0 aromatic carbocycles. The molecule has 0 unspecified atom stereocenters. The van der Waals surface area contributed by atoms with E-state index in [4.69, 9.17) is 15.3 Å². The largest absolute Gasteiger partial charge is 1.00 e. The zero-order valence-corrected chi connectivity index (χ0v) is 4.71. The number of nitrogens with zero attached hydrogens (tertiary/aromatic N) is 1. The summed E-state index contributed by atoms with van der Waals surface area (Å²) in [5.74, 6) is 0. The van der Waals surface area contributed by atoms with E-state index in [9.17, 15) is 0 Å². The van der Waals surface area contributed by atoms with E-state index in [0.717, 1.165) is 0 Å². The van der Waals surface area contributed by atoms with Crippen LogP contribution in [0.5, 0.6) is 0 Å². The van der Waals surface area contributed by atoms with Gasteiger partial charge in [-0.05, 0) is 0 Å². The molecule has 0 rings (SSSR count). The van der Waals surface area contributed by atoms with Gasteiger partial charge in [0.2, 0.25) is 0 Å². The van der Waals surface area contributed by atoms with Gasteiger partial charge >= 0.3 is 29.6 Å². The van der Waals surface area contributed by atoms with Crippen LogP contribution in [-0.4, -0.2) is 10.3 Å². The Kier molecular flexibility index (Phi) is 7.52. The van der Waals surface area contributed by atoms with E-state index in [2.05, 4.69) is 0 Å². The van der Waals surface area contributed by atoms with E-state index in [-0.39, 0.29) is 29.6 Å². The van der Waals surface area contributed by atoms with Crippen molar-refractivity contribution in [1.82, 2.24) is 0 Å². The molecule has 0 aliphatic heterocycles. The molecule has 4 nitrogen and oxygen atoms in total. The van der Waals surface area contributed by atoms with Crippen LogP contribution in [0.3, 0.4) is 0 Å². The van der Waals surface area contributed by atoms with Crippen LogP contribution in [0, 0.1) is 10.1 Å². The van der Waals surface area contributed by atoms with E-state index in [0.29, 0.717) is 0 Å². The molecule has 0 aliphatic rings. The monoisotopic (exact) mass is 87.0 g/mol. The van der Waals surface area contributed by atoms with Crippen molar-refractivity contribution < 1.29 is 39.9 Å². The van der Waals surface area contributed by atoms with Crippen LogP contribution in [0.1, 0.15) is 0 Å². The van der Waals surface area contributed by atoms with Gasteiger partial charge in [0.1, 0.15) is 0 Å². The molecule has 0 saturated carbocycles. The van der Waals surface area contributed by atoms with Crippen molar-refractivity contribution in [2.24, 2.45) is 0 Å².